The number of amides is 1. The zero-order valence-electron chi connectivity index (χ0n) is 8.03. The molecule has 1 aromatic rings. The highest BCUT2D eigenvalue weighted by Crippen LogP contribution is 2.09. The van der Waals surface area contributed by atoms with Gasteiger partial charge in [-0.2, -0.15) is 0 Å². The second-order valence-corrected chi connectivity index (χ2v) is 2.62. The van der Waals surface area contributed by atoms with E-state index in [0.29, 0.717) is 5.56 Å². The Morgan fingerprint density at radius 2 is 1.79 bits per heavy atom. The lowest BCUT2D eigenvalue weighted by molar-refractivity contribution is 0.0596. The lowest BCUT2D eigenvalue weighted by Crippen LogP contribution is -2.21. The van der Waals surface area contributed by atoms with Gasteiger partial charge in [0.2, 0.25) is 0 Å². The summed E-state index contributed by atoms with van der Waals surface area (Å²) in [5, 5.41) is 2.45. The molecule has 74 valence electrons. The Morgan fingerprint density at radius 1 is 1.21 bits per heavy atom. The molecule has 0 atom stereocenters. The van der Waals surface area contributed by atoms with Crippen LogP contribution in [0, 0.1) is 0 Å². The van der Waals surface area contributed by atoms with Gasteiger partial charge in [0.1, 0.15) is 0 Å². The molecule has 4 nitrogen and oxygen atoms in total. The molecule has 0 unspecified atom stereocenters. The van der Waals surface area contributed by atoms with Crippen molar-refractivity contribution in [1.82, 2.24) is 5.32 Å². The largest absolute Gasteiger partial charge is 0.465 e. The lowest BCUT2D eigenvalue weighted by Gasteiger charge is -2.05. The molecule has 0 aliphatic carbocycles. The number of methoxy groups -OCH3 is 1. The summed E-state index contributed by atoms with van der Waals surface area (Å²) in [6.07, 6.45) is 0. The molecule has 0 heterocycles. The summed E-state index contributed by atoms with van der Waals surface area (Å²) in [4.78, 5) is 22.6. The summed E-state index contributed by atoms with van der Waals surface area (Å²) in [5.41, 5.74) is 0.594. The van der Waals surface area contributed by atoms with Gasteiger partial charge in [-0.15, -0.1) is 0 Å². The van der Waals surface area contributed by atoms with Gasteiger partial charge in [0.05, 0.1) is 18.2 Å². The van der Waals surface area contributed by atoms with Crippen LogP contribution in [-0.2, 0) is 4.74 Å². The van der Waals surface area contributed by atoms with Crippen molar-refractivity contribution in [1.29, 1.82) is 0 Å². The first-order valence-electron chi connectivity index (χ1n) is 4.10. The minimum Gasteiger partial charge on any atom is -0.465 e. The van der Waals surface area contributed by atoms with Crippen LogP contribution in [0.4, 0.5) is 0 Å². The Hall–Kier alpha value is -1.84. The van der Waals surface area contributed by atoms with E-state index in [0.717, 1.165) is 0 Å². The van der Waals surface area contributed by atoms with E-state index in [1.54, 1.807) is 24.3 Å². The molecule has 0 saturated carbocycles. The number of carbonyl (C=O) groups is 2. The minimum absolute atomic E-state index is 0.273. The zero-order valence-corrected chi connectivity index (χ0v) is 8.03. The molecule has 1 aromatic carbocycles. The Labute approximate surface area is 81.9 Å². The van der Waals surface area contributed by atoms with Crippen molar-refractivity contribution in [3.63, 3.8) is 0 Å². The molecule has 0 bridgehead atoms. The first kappa shape index (κ1) is 10.2. The van der Waals surface area contributed by atoms with E-state index in [9.17, 15) is 9.59 Å². The molecule has 1 amide bonds. The van der Waals surface area contributed by atoms with Crippen LogP contribution in [0.5, 0.6) is 0 Å². The number of esters is 1. The summed E-state index contributed by atoms with van der Waals surface area (Å²) < 4.78 is 4.55. The summed E-state index contributed by atoms with van der Waals surface area (Å²) in [7, 11) is 2.79. The highest BCUT2D eigenvalue weighted by atomic mass is 16.5. The Balaban J connectivity index is 3.15. The van der Waals surface area contributed by atoms with Crippen molar-refractivity contribution >= 4 is 11.9 Å². The van der Waals surface area contributed by atoms with Crippen LogP contribution in [0.2, 0.25) is 0 Å². The number of benzene rings is 1. The summed E-state index contributed by atoms with van der Waals surface area (Å²) >= 11 is 0. The second-order valence-electron chi connectivity index (χ2n) is 2.62. The van der Waals surface area contributed by atoms with Crippen molar-refractivity contribution < 1.29 is 14.3 Å². The SMILES string of the molecule is CNC(=O)c1ccccc1C(=O)OC. The first-order chi connectivity index (χ1) is 6.70. The second kappa shape index (κ2) is 4.41. The average molecular weight is 193 g/mol. The summed E-state index contributed by atoms with van der Waals surface area (Å²) in [5.74, 6) is -0.810. The Bertz CT molecular complexity index is 325. The third-order valence-corrected chi connectivity index (χ3v) is 1.80. The minimum atomic E-state index is -0.510. The molecule has 0 radical (unpaired) electrons. The maximum absolute atomic E-state index is 11.3. The number of ether oxygens (including phenoxy) is 1. The first-order valence-corrected chi connectivity index (χ1v) is 4.10. The topological polar surface area (TPSA) is 55.4 Å². The molecule has 1 N–H and O–H groups in total. The van der Waals surface area contributed by atoms with Gasteiger partial charge in [0.15, 0.2) is 0 Å². The fourth-order valence-electron chi connectivity index (χ4n) is 1.10. The molecule has 4 heteroatoms. The molecule has 0 aromatic heterocycles. The summed E-state index contributed by atoms with van der Waals surface area (Å²) in [6, 6.07) is 6.50. The van der Waals surface area contributed by atoms with Gasteiger partial charge >= 0.3 is 5.97 Å². The fourth-order valence-corrected chi connectivity index (χ4v) is 1.10. The predicted molar refractivity (Wildman–Crippen MR) is 51.2 cm³/mol. The van der Waals surface area contributed by atoms with Gasteiger partial charge in [-0.05, 0) is 12.1 Å². The van der Waals surface area contributed by atoms with Crippen molar-refractivity contribution in [3.8, 4) is 0 Å². The van der Waals surface area contributed by atoms with Gasteiger partial charge < -0.3 is 10.1 Å². The standard InChI is InChI=1S/C10H11NO3/c1-11-9(12)7-5-3-4-6-8(7)10(13)14-2/h3-6H,1-2H3,(H,11,12). The lowest BCUT2D eigenvalue weighted by atomic mass is 10.1. The average Bonchev–Trinajstić information content (AvgIpc) is 2.27. The van der Waals surface area contributed by atoms with E-state index in [-0.39, 0.29) is 11.5 Å². The summed E-state index contributed by atoms with van der Waals surface area (Å²) in [6.45, 7) is 0. The highest BCUT2D eigenvalue weighted by molar-refractivity contribution is 6.05. The number of rotatable bonds is 2. The van der Waals surface area contributed by atoms with Crippen LogP contribution in [0.15, 0.2) is 24.3 Å². The molecule has 14 heavy (non-hydrogen) atoms. The van der Waals surface area contributed by atoms with Crippen LogP contribution in [0.3, 0.4) is 0 Å². The normalized spacial score (nSPS) is 9.29. The van der Waals surface area contributed by atoms with E-state index >= 15 is 0 Å². The number of nitrogens with one attached hydrogen (secondary N) is 1. The Kier molecular flexibility index (Phi) is 3.23. The quantitative estimate of drug-likeness (QED) is 0.708. The number of hydrogen-bond donors (Lipinski definition) is 1. The number of carbonyl (C=O) groups excluding carboxylic acids is 2. The molecular weight excluding hydrogens is 182 g/mol. The van der Waals surface area contributed by atoms with Crippen molar-refractivity contribution in [2.45, 2.75) is 0 Å². The monoisotopic (exact) mass is 193 g/mol. The van der Waals surface area contributed by atoms with Crippen LogP contribution >= 0.6 is 0 Å². The predicted octanol–water partition coefficient (Wildman–Crippen LogP) is 0.833. The third-order valence-electron chi connectivity index (χ3n) is 1.80. The molecule has 0 aliphatic rings. The van der Waals surface area contributed by atoms with Crippen molar-refractivity contribution in [3.05, 3.63) is 35.4 Å². The number of hydrogen-bond acceptors (Lipinski definition) is 3. The van der Waals surface area contributed by atoms with Crippen LogP contribution in [-0.4, -0.2) is 26.0 Å². The highest BCUT2D eigenvalue weighted by Gasteiger charge is 2.15. The van der Waals surface area contributed by atoms with Crippen molar-refractivity contribution in [2.24, 2.45) is 0 Å². The Morgan fingerprint density at radius 3 is 2.29 bits per heavy atom. The van der Waals surface area contributed by atoms with E-state index in [1.807, 2.05) is 0 Å². The fraction of sp³-hybridized carbons (Fsp3) is 0.200. The maximum Gasteiger partial charge on any atom is 0.338 e. The zero-order chi connectivity index (χ0) is 10.6. The smallest absolute Gasteiger partial charge is 0.338 e. The van der Waals surface area contributed by atoms with Gasteiger partial charge in [0.25, 0.3) is 5.91 Å². The van der Waals surface area contributed by atoms with Crippen LogP contribution in [0.1, 0.15) is 20.7 Å². The molecule has 0 saturated heterocycles. The van der Waals surface area contributed by atoms with Crippen LogP contribution in [0.25, 0.3) is 0 Å². The van der Waals surface area contributed by atoms with E-state index in [2.05, 4.69) is 10.1 Å². The molecule has 0 aliphatic heterocycles. The van der Waals surface area contributed by atoms with Gasteiger partial charge in [-0.3, -0.25) is 4.79 Å². The molecule has 0 fully saturated rings. The maximum atomic E-state index is 11.3. The molecular formula is C10H11NO3. The van der Waals surface area contributed by atoms with Crippen molar-refractivity contribution in [2.75, 3.05) is 14.2 Å². The van der Waals surface area contributed by atoms with Gasteiger partial charge in [-0.1, -0.05) is 12.1 Å². The molecule has 1 rings (SSSR count). The van der Waals surface area contributed by atoms with E-state index < -0.39 is 5.97 Å². The van der Waals surface area contributed by atoms with Gasteiger partial charge in [0, 0.05) is 7.05 Å². The van der Waals surface area contributed by atoms with Crippen LogP contribution < -0.4 is 5.32 Å². The van der Waals surface area contributed by atoms with E-state index in [1.165, 1.54) is 14.2 Å². The third kappa shape index (κ3) is 1.90. The molecule has 0 spiro atoms. The van der Waals surface area contributed by atoms with E-state index in [4.69, 9.17) is 0 Å². The van der Waals surface area contributed by atoms with Gasteiger partial charge in [-0.25, -0.2) is 4.79 Å².